The number of likely N-dealkylation sites (tertiary alicyclic amines) is 2. The third kappa shape index (κ3) is 3.74. The predicted molar refractivity (Wildman–Crippen MR) is 107 cm³/mol. The van der Waals surface area contributed by atoms with Gasteiger partial charge < -0.3 is 24.0 Å². The zero-order valence-electron chi connectivity index (χ0n) is 18.0. The molecule has 30 heavy (non-hydrogen) atoms. The molecule has 0 aromatic rings. The fourth-order valence-electron chi connectivity index (χ4n) is 4.62. The lowest BCUT2D eigenvalue weighted by molar-refractivity contribution is -0.183. The fraction of sp³-hybridized carbons (Fsp3) is 0.619. The Morgan fingerprint density at radius 2 is 1.83 bits per heavy atom. The summed E-state index contributed by atoms with van der Waals surface area (Å²) in [5.41, 5.74) is -1.42. The summed E-state index contributed by atoms with van der Waals surface area (Å²) in [5, 5.41) is 0. The first kappa shape index (κ1) is 23.6. The van der Waals surface area contributed by atoms with Crippen molar-refractivity contribution in [2.24, 2.45) is 5.92 Å². The zero-order chi connectivity index (χ0) is 22.6. The summed E-state index contributed by atoms with van der Waals surface area (Å²) >= 11 is 0. The maximum Gasteiger partial charge on any atom is 0.331 e. The molecule has 2 fully saturated rings. The van der Waals surface area contributed by atoms with Crippen molar-refractivity contribution in [3.63, 3.8) is 0 Å². The summed E-state index contributed by atoms with van der Waals surface area (Å²) in [6.07, 6.45) is 3.36. The molecular weight excluding hydrogens is 392 g/mol. The van der Waals surface area contributed by atoms with Gasteiger partial charge in [-0.1, -0.05) is 12.7 Å². The second-order valence-electron chi connectivity index (χ2n) is 7.61. The average Bonchev–Trinajstić information content (AvgIpc) is 3.06. The Labute approximate surface area is 176 Å². The Balaban J connectivity index is 2.56. The maximum absolute atomic E-state index is 12.9. The first-order valence-corrected chi connectivity index (χ1v) is 9.79. The Kier molecular flexibility index (Phi) is 7.41. The molecular formula is C21H30N2O7. The van der Waals surface area contributed by atoms with Crippen molar-refractivity contribution < 1.29 is 33.4 Å². The van der Waals surface area contributed by atoms with Gasteiger partial charge >= 0.3 is 11.9 Å². The number of esters is 2. The van der Waals surface area contributed by atoms with Crippen molar-refractivity contribution in [1.29, 1.82) is 0 Å². The average molecular weight is 422 g/mol. The molecule has 2 saturated heterocycles. The van der Waals surface area contributed by atoms with Crippen LogP contribution in [-0.2, 0) is 33.4 Å². The molecule has 2 rings (SSSR count). The molecule has 0 unspecified atom stereocenters. The van der Waals surface area contributed by atoms with Gasteiger partial charge in [0.05, 0.1) is 32.2 Å². The topological polar surface area (TPSA) is 102 Å². The number of allylic oxidation sites excluding steroid dienone is 1. The Morgan fingerprint density at radius 3 is 2.33 bits per heavy atom. The van der Waals surface area contributed by atoms with Crippen LogP contribution in [0.5, 0.6) is 0 Å². The summed E-state index contributed by atoms with van der Waals surface area (Å²) in [4.78, 5) is 53.8. The van der Waals surface area contributed by atoms with Gasteiger partial charge in [-0.05, 0) is 32.3 Å². The van der Waals surface area contributed by atoms with E-state index in [1.807, 2.05) is 0 Å². The zero-order valence-corrected chi connectivity index (χ0v) is 18.0. The number of hydrogen-bond donors (Lipinski definition) is 0. The number of carbonyl (C=O) groups is 4. The van der Waals surface area contributed by atoms with Crippen molar-refractivity contribution >= 4 is 23.8 Å². The molecule has 0 N–H and O–H groups in total. The van der Waals surface area contributed by atoms with Crippen molar-refractivity contribution in [3.05, 3.63) is 25.3 Å². The van der Waals surface area contributed by atoms with Crippen LogP contribution in [-0.4, -0.2) is 85.2 Å². The minimum absolute atomic E-state index is 0.00177. The lowest BCUT2D eigenvalue weighted by atomic mass is 9.82. The highest BCUT2D eigenvalue weighted by atomic mass is 16.5. The number of methoxy groups -OCH3 is 3. The van der Waals surface area contributed by atoms with Crippen molar-refractivity contribution in [3.8, 4) is 0 Å². The number of carbonyl (C=O) groups excluding carboxylic acids is 4. The van der Waals surface area contributed by atoms with E-state index < -0.39 is 47.5 Å². The largest absolute Gasteiger partial charge is 0.469 e. The van der Waals surface area contributed by atoms with Gasteiger partial charge in [0, 0.05) is 13.7 Å². The minimum Gasteiger partial charge on any atom is -0.469 e. The molecule has 0 saturated carbocycles. The van der Waals surface area contributed by atoms with E-state index in [2.05, 4.69) is 13.2 Å². The molecule has 2 aliphatic heterocycles. The van der Waals surface area contributed by atoms with E-state index in [-0.39, 0.29) is 12.3 Å². The number of unbranched alkanes of at least 4 members (excludes halogenated alkanes) is 1. The smallest absolute Gasteiger partial charge is 0.331 e. The van der Waals surface area contributed by atoms with E-state index in [9.17, 15) is 19.2 Å². The second kappa shape index (κ2) is 9.42. The highest BCUT2D eigenvalue weighted by molar-refractivity contribution is 5.97. The Morgan fingerprint density at radius 1 is 1.17 bits per heavy atom. The van der Waals surface area contributed by atoms with Crippen LogP contribution in [0.2, 0.25) is 0 Å². The van der Waals surface area contributed by atoms with Gasteiger partial charge in [0.2, 0.25) is 5.91 Å². The van der Waals surface area contributed by atoms with Gasteiger partial charge in [-0.3, -0.25) is 14.4 Å². The molecule has 166 valence electrons. The molecule has 0 radical (unpaired) electrons. The molecule has 9 nitrogen and oxygen atoms in total. The number of amides is 2. The fourth-order valence-corrected chi connectivity index (χ4v) is 4.62. The second-order valence-corrected chi connectivity index (χ2v) is 7.61. The predicted octanol–water partition coefficient (Wildman–Crippen LogP) is 0.686. The maximum atomic E-state index is 12.9. The van der Waals surface area contributed by atoms with Gasteiger partial charge in [-0.2, -0.15) is 0 Å². The number of hydrogen-bond acceptors (Lipinski definition) is 7. The van der Waals surface area contributed by atoms with Gasteiger partial charge in [0.1, 0.15) is 5.54 Å². The van der Waals surface area contributed by atoms with Crippen molar-refractivity contribution in [2.75, 3.05) is 27.9 Å². The third-order valence-electron chi connectivity index (χ3n) is 6.01. The van der Waals surface area contributed by atoms with Crippen LogP contribution in [0.4, 0.5) is 0 Å². The standard InChI is InChI=1S/C21H30N2O7/c1-7-9-10-11-22-16(17(28-4)18(22)25)15-13(19(26)29-5)12-21(3,20(27)30-6)23(15)14(24)8-2/h7-8,13,15-17H,1-2,9-12H2,3-6H3/t13-,15+,16-,17+,21-/m0/s1. The normalized spacial score (nSPS) is 30.5. The number of rotatable bonds is 9. The molecule has 2 aliphatic rings. The van der Waals surface area contributed by atoms with Gasteiger partial charge in [0.15, 0.2) is 6.10 Å². The first-order chi connectivity index (χ1) is 14.2. The lowest BCUT2D eigenvalue weighted by Gasteiger charge is -2.52. The first-order valence-electron chi connectivity index (χ1n) is 9.79. The van der Waals surface area contributed by atoms with E-state index in [0.29, 0.717) is 19.4 Å². The number of β-lactam (4-membered cyclic amide) rings is 1. The molecule has 9 heteroatoms. The summed E-state index contributed by atoms with van der Waals surface area (Å²) < 4.78 is 15.3. The third-order valence-corrected chi connectivity index (χ3v) is 6.01. The highest BCUT2D eigenvalue weighted by Gasteiger charge is 2.65. The molecule has 0 aromatic heterocycles. The quantitative estimate of drug-likeness (QED) is 0.177. The summed E-state index contributed by atoms with van der Waals surface area (Å²) in [6, 6.07) is -1.45. The number of nitrogens with zero attached hydrogens (tertiary/aromatic N) is 2. The Bertz CT molecular complexity index is 737. The molecule has 0 spiro atoms. The van der Waals surface area contributed by atoms with Crippen LogP contribution in [0.1, 0.15) is 26.2 Å². The monoisotopic (exact) mass is 422 g/mol. The summed E-state index contributed by atoms with van der Waals surface area (Å²) in [6.45, 7) is 9.17. The summed E-state index contributed by atoms with van der Waals surface area (Å²) in [7, 11) is 3.86. The molecule has 0 bridgehead atoms. The van der Waals surface area contributed by atoms with E-state index >= 15 is 0 Å². The molecule has 5 atom stereocenters. The van der Waals surface area contributed by atoms with E-state index in [1.165, 1.54) is 26.2 Å². The van der Waals surface area contributed by atoms with Crippen molar-refractivity contribution in [1.82, 2.24) is 9.80 Å². The van der Waals surface area contributed by atoms with Crippen molar-refractivity contribution in [2.45, 2.75) is 49.9 Å². The number of ether oxygens (including phenoxy) is 3. The molecule has 2 heterocycles. The van der Waals surface area contributed by atoms with Gasteiger partial charge in [0.25, 0.3) is 5.91 Å². The van der Waals surface area contributed by atoms with E-state index in [1.54, 1.807) is 17.9 Å². The highest BCUT2D eigenvalue weighted by Crippen LogP contribution is 2.45. The molecule has 0 aromatic carbocycles. The van der Waals surface area contributed by atoms with Crippen LogP contribution in [0.25, 0.3) is 0 Å². The lowest BCUT2D eigenvalue weighted by Crippen LogP contribution is -2.74. The van der Waals surface area contributed by atoms with Crippen LogP contribution < -0.4 is 0 Å². The van der Waals surface area contributed by atoms with Crippen LogP contribution in [0.3, 0.4) is 0 Å². The van der Waals surface area contributed by atoms with E-state index in [4.69, 9.17) is 14.2 Å². The molecule has 0 aliphatic carbocycles. The van der Waals surface area contributed by atoms with Crippen LogP contribution >= 0.6 is 0 Å². The van der Waals surface area contributed by atoms with Crippen LogP contribution in [0.15, 0.2) is 25.3 Å². The van der Waals surface area contributed by atoms with Gasteiger partial charge in [-0.15, -0.1) is 6.58 Å². The minimum atomic E-state index is -1.42. The van der Waals surface area contributed by atoms with Gasteiger partial charge in [-0.25, -0.2) is 4.79 Å². The van der Waals surface area contributed by atoms with E-state index in [0.717, 1.165) is 6.08 Å². The SMILES string of the molecule is C=CCCCN1C(=O)[C@H](OC)[C@@H]1[C@H]1[C@@H](C(=O)OC)C[C@@](C)(C(=O)OC)N1C(=O)C=C. The molecule has 2 amide bonds. The summed E-state index contributed by atoms with van der Waals surface area (Å²) in [5.74, 6) is -2.85. The van der Waals surface area contributed by atoms with Crippen LogP contribution in [0, 0.1) is 5.92 Å². The Hall–Kier alpha value is -2.68.